The molecule has 1 unspecified atom stereocenters. The molecule has 1 heterocycles. The van der Waals surface area contributed by atoms with Crippen LogP contribution in [0.1, 0.15) is 58.8 Å². The van der Waals surface area contributed by atoms with Gasteiger partial charge < -0.3 is 25.2 Å². The lowest BCUT2D eigenvalue weighted by molar-refractivity contribution is 0.0963. The van der Waals surface area contributed by atoms with Crippen LogP contribution >= 0.6 is 0 Å². The number of likely N-dealkylation sites (N-methyl/N-ethyl adjacent to an activating group) is 1. The minimum absolute atomic E-state index is 0.192. The quantitative estimate of drug-likeness (QED) is 0.512. The van der Waals surface area contributed by atoms with Gasteiger partial charge in [-0.1, -0.05) is 19.3 Å². The van der Waals surface area contributed by atoms with E-state index in [2.05, 4.69) is 36.6 Å². The van der Waals surface area contributed by atoms with Crippen LogP contribution < -0.4 is 10.6 Å². The predicted molar refractivity (Wildman–Crippen MR) is 115 cm³/mol. The van der Waals surface area contributed by atoms with Crippen molar-refractivity contribution in [1.29, 1.82) is 0 Å². The number of guanidine groups is 1. The fourth-order valence-electron chi connectivity index (χ4n) is 4.37. The van der Waals surface area contributed by atoms with Crippen LogP contribution in [0.3, 0.4) is 0 Å². The Morgan fingerprint density at radius 3 is 2.39 bits per heavy atom. The summed E-state index contributed by atoms with van der Waals surface area (Å²) in [6, 6.07) is 0.845. The summed E-state index contributed by atoms with van der Waals surface area (Å²) < 4.78 is 5.11. The van der Waals surface area contributed by atoms with Crippen molar-refractivity contribution in [3.8, 4) is 0 Å². The van der Waals surface area contributed by atoms with Gasteiger partial charge in [-0.25, -0.2) is 4.79 Å². The zero-order valence-corrected chi connectivity index (χ0v) is 18.4. The van der Waals surface area contributed by atoms with Gasteiger partial charge in [0.15, 0.2) is 5.96 Å². The molecule has 28 heavy (non-hydrogen) atoms. The fourth-order valence-corrected chi connectivity index (χ4v) is 4.37. The summed E-state index contributed by atoms with van der Waals surface area (Å²) in [4.78, 5) is 20.9. The Hall–Kier alpha value is -1.50. The number of aliphatic imine (C=N–C) groups is 1. The van der Waals surface area contributed by atoms with Crippen LogP contribution in [0.5, 0.6) is 0 Å². The number of likely N-dealkylation sites (tertiary alicyclic amines) is 1. The largest absolute Gasteiger partial charge is 0.450 e. The molecule has 2 aliphatic rings. The lowest BCUT2D eigenvalue weighted by Crippen LogP contribution is -2.50. The van der Waals surface area contributed by atoms with Gasteiger partial charge in [0, 0.05) is 31.7 Å². The molecule has 0 radical (unpaired) electrons. The summed E-state index contributed by atoms with van der Waals surface area (Å²) in [5, 5.41) is 6.98. The topological polar surface area (TPSA) is 69.2 Å². The van der Waals surface area contributed by atoms with Crippen molar-refractivity contribution in [2.75, 3.05) is 46.9 Å². The summed E-state index contributed by atoms with van der Waals surface area (Å²) in [5.74, 6) is 1.66. The molecule has 162 valence electrons. The normalized spacial score (nSPS) is 20.9. The second kappa shape index (κ2) is 12.1. The van der Waals surface area contributed by atoms with Crippen molar-refractivity contribution in [3.05, 3.63) is 0 Å². The Kier molecular flexibility index (Phi) is 9.88. The van der Waals surface area contributed by atoms with E-state index >= 15 is 0 Å². The lowest BCUT2D eigenvalue weighted by atomic mass is 9.83. The van der Waals surface area contributed by atoms with Gasteiger partial charge >= 0.3 is 6.09 Å². The second-order valence-corrected chi connectivity index (χ2v) is 8.25. The van der Waals surface area contributed by atoms with Gasteiger partial charge in [0.1, 0.15) is 0 Å². The van der Waals surface area contributed by atoms with E-state index in [1.165, 1.54) is 32.1 Å². The number of rotatable bonds is 7. The summed E-state index contributed by atoms with van der Waals surface area (Å²) in [6.07, 6.45) is 8.40. The maximum Gasteiger partial charge on any atom is 0.409 e. The van der Waals surface area contributed by atoms with E-state index in [0.29, 0.717) is 18.7 Å². The zero-order valence-electron chi connectivity index (χ0n) is 18.4. The number of carbonyl (C=O) groups is 1. The van der Waals surface area contributed by atoms with Crippen LogP contribution in [0.4, 0.5) is 4.79 Å². The van der Waals surface area contributed by atoms with Crippen LogP contribution in [-0.4, -0.2) is 80.8 Å². The van der Waals surface area contributed by atoms with Gasteiger partial charge in [-0.05, 0) is 59.5 Å². The Morgan fingerprint density at radius 1 is 1.14 bits per heavy atom. The molecule has 2 rings (SSSR count). The van der Waals surface area contributed by atoms with Crippen LogP contribution in [0.2, 0.25) is 0 Å². The van der Waals surface area contributed by atoms with Crippen LogP contribution in [-0.2, 0) is 4.74 Å². The van der Waals surface area contributed by atoms with E-state index in [1.807, 2.05) is 6.92 Å². The molecular formula is C21H41N5O2. The van der Waals surface area contributed by atoms with Crippen molar-refractivity contribution in [2.45, 2.75) is 70.9 Å². The van der Waals surface area contributed by atoms with E-state index in [9.17, 15) is 4.79 Å². The number of nitrogens with zero attached hydrogens (tertiary/aromatic N) is 3. The number of piperidine rings is 1. The monoisotopic (exact) mass is 395 g/mol. The number of amides is 1. The van der Waals surface area contributed by atoms with Crippen molar-refractivity contribution < 1.29 is 9.53 Å². The number of hydrogen-bond acceptors (Lipinski definition) is 4. The third-order valence-corrected chi connectivity index (χ3v) is 6.00. The van der Waals surface area contributed by atoms with Crippen LogP contribution in [0.25, 0.3) is 0 Å². The van der Waals surface area contributed by atoms with Crippen molar-refractivity contribution in [3.63, 3.8) is 0 Å². The van der Waals surface area contributed by atoms with Gasteiger partial charge in [-0.15, -0.1) is 0 Å². The third-order valence-electron chi connectivity index (χ3n) is 6.00. The average molecular weight is 396 g/mol. The minimum atomic E-state index is -0.192. The van der Waals surface area contributed by atoms with E-state index in [1.54, 1.807) is 4.90 Å². The molecule has 0 bridgehead atoms. The Morgan fingerprint density at radius 2 is 1.82 bits per heavy atom. The van der Waals surface area contributed by atoms with Crippen molar-refractivity contribution >= 4 is 12.1 Å². The molecule has 1 atom stereocenters. The Labute approximate surface area is 171 Å². The first-order valence-electron chi connectivity index (χ1n) is 11.2. The molecule has 1 aliphatic carbocycles. The predicted octanol–water partition coefficient (Wildman–Crippen LogP) is 2.67. The van der Waals surface area contributed by atoms with Gasteiger partial charge in [-0.3, -0.25) is 4.99 Å². The lowest BCUT2D eigenvalue weighted by Gasteiger charge is -2.34. The van der Waals surface area contributed by atoms with Crippen molar-refractivity contribution in [1.82, 2.24) is 20.4 Å². The number of carbonyl (C=O) groups excluding carboxylic acids is 1. The van der Waals surface area contributed by atoms with Gasteiger partial charge in [0.25, 0.3) is 0 Å². The van der Waals surface area contributed by atoms with Crippen LogP contribution in [0.15, 0.2) is 4.99 Å². The first kappa shape index (κ1) is 22.8. The van der Waals surface area contributed by atoms with E-state index in [0.717, 1.165) is 50.9 Å². The van der Waals surface area contributed by atoms with E-state index in [4.69, 9.17) is 9.73 Å². The molecule has 7 heteroatoms. The van der Waals surface area contributed by atoms with Gasteiger partial charge in [0.05, 0.1) is 13.2 Å². The molecule has 2 N–H and O–H groups in total. The average Bonchev–Trinajstić information content (AvgIpc) is 2.69. The van der Waals surface area contributed by atoms with Gasteiger partial charge in [-0.2, -0.15) is 0 Å². The second-order valence-electron chi connectivity index (χ2n) is 8.25. The Balaban J connectivity index is 1.88. The highest BCUT2D eigenvalue weighted by atomic mass is 16.6. The summed E-state index contributed by atoms with van der Waals surface area (Å²) >= 11 is 0. The highest BCUT2D eigenvalue weighted by Crippen LogP contribution is 2.28. The number of nitrogens with one attached hydrogen (secondary N) is 2. The van der Waals surface area contributed by atoms with E-state index in [-0.39, 0.29) is 6.09 Å². The zero-order chi connectivity index (χ0) is 20.4. The fraction of sp³-hybridized carbons (Fsp3) is 0.905. The maximum atomic E-state index is 11.9. The maximum absolute atomic E-state index is 11.9. The smallest absolute Gasteiger partial charge is 0.409 e. The minimum Gasteiger partial charge on any atom is -0.450 e. The molecule has 1 saturated heterocycles. The Bertz CT molecular complexity index is 483. The number of hydrogen-bond donors (Lipinski definition) is 2. The molecular weight excluding hydrogens is 354 g/mol. The molecule has 1 amide bonds. The van der Waals surface area contributed by atoms with Crippen LogP contribution in [0, 0.1) is 5.92 Å². The molecule has 0 aromatic heterocycles. The summed E-state index contributed by atoms with van der Waals surface area (Å²) in [6.45, 7) is 7.53. The standard InChI is InChI=1S/C21H41N5O2/c1-5-22-20(23-16-19(25(3)4)17-10-8-7-9-11-17)24-18-12-14-26(15-13-18)21(27)28-6-2/h17-19H,5-16H2,1-4H3,(H2,22,23,24). The molecule has 0 aromatic rings. The van der Waals surface area contributed by atoms with E-state index < -0.39 is 0 Å². The summed E-state index contributed by atoms with van der Waals surface area (Å²) in [5.41, 5.74) is 0. The van der Waals surface area contributed by atoms with Gasteiger partial charge in [0.2, 0.25) is 0 Å². The highest BCUT2D eigenvalue weighted by molar-refractivity contribution is 5.80. The third kappa shape index (κ3) is 7.15. The number of ether oxygens (including phenoxy) is 1. The molecule has 1 saturated carbocycles. The molecule has 0 aromatic carbocycles. The molecule has 1 aliphatic heterocycles. The molecule has 7 nitrogen and oxygen atoms in total. The molecule has 0 spiro atoms. The first-order valence-corrected chi connectivity index (χ1v) is 11.2. The first-order chi connectivity index (χ1) is 13.5. The summed E-state index contributed by atoms with van der Waals surface area (Å²) in [7, 11) is 4.36. The molecule has 2 fully saturated rings. The van der Waals surface area contributed by atoms with Crippen molar-refractivity contribution in [2.24, 2.45) is 10.9 Å². The highest BCUT2D eigenvalue weighted by Gasteiger charge is 2.26. The SMILES string of the molecule is CCNC(=NCC(C1CCCCC1)N(C)C)NC1CCN(C(=O)OCC)CC1.